The van der Waals surface area contributed by atoms with E-state index in [4.69, 9.17) is 4.74 Å². The van der Waals surface area contributed by atoms with E-state index in [-0.39, 0.29) is 40.2 Å². The zero-order chi connectivity index (χ0) is 25.8. The van der Waals surface area contributed by atoms with E-state index in [9.17, 15) is 21.6 Å². The molecule has 3 saturated heterocycles. The molecule has 3 fully saturated rings. The van der Waals surface area contributed by atoms with Crippen molar-refractivity contribution in [2.75, 3.05) is 50.0 Å². The van der Waals surface area contributed by atoms with Crippen molar-refractivity contribution in [3.05, 3.63) is 18.0 Å². The van der Waals surface area contributed by atoms with Crippen molar-refractivity contribution in [3.8, 4) is 0 Å². The number of piperidine rings is 2. The minimum absolute atomic E-state index is 0.181. The Morgan fingerprint density at radius 1 is 1.06 bits per heavy atom. The van der Waals surface area contributed by atoms with Gasteiger partial charge in [0.1, 0.15) is 0 Å². The Bertz CT molecular complexity index is 935. The van der Waals surface area contributed by atoms with Crippen LogP contribution >= 0.6 is 0 Å². The van der Waals surface area contributed by atoms with Crippen molar-refractivity contribution in [1.29, 1.82) is 0 Å². The van der Waals surface area contributed by atoms with E-state index in [2.05, 4.69) is 21.8 Å². The average molecular weight is 646 g/mol. The number of aryl methyl sites for hydroxylation is 1. The molecule has 0 aromatic carbocycles. The predicted octanol–water partition coefficient (Wildman–Crippen LogP) is 0.496. The zero-order valence-electron chi connectivity index (χ0n) is 20.8. The van der Waals surface area contributed by atoms with E-state index in [0.29, 0.717) is 23.4 Å². The number of hydrogen-bond acceptors (Lipinski definition) is 6. The number of aromatic nitrogens is 2. The van der Waals surface area contributed by atoms with Gasteiger partial charge in [-0.15, -0.1) is 0 Å². The second kappa shape index (κ2) is 12.4. The molecule has 3 aliphatic rings. The first-order valence-electron chi connectivity index (χ1n) is 12.9. The summed E-state index contributed by atoms with van der Waals surface area (Å²) in [5.74, 6) is 1.04. The number of sulfonamides is 1. The van der Waals surface area contributed by atoms with E-state index < -0.39 is 28.4 Å². The molecule has 0 unspecified atom stereocenters. The summed E-state index contributed by atoms with van der Waals surface area (Å²) in [6.45, 7) is 6.17. The molecule has 0 bridgehead atoms. The van der Waals surface area contributed by atoms with E-state index in [1.807, 2.05) is 12.4 Å². The summed E-state index contributed by atoms with van der Waals surface area (Å²) in [5.41, 5.74) is 1.19. The molecule has 0 saturated carbocycles. The molecule has 0 aliphatic carbocycles. The van der Waals surface area contributed by atoms with E-state index in [1.54, 1.807) is 0 Å². The summed E-state index contributed by atoms with van der Waals surface area (Å²) in [6, 6.07) is 0. The zero-order valence-corrected chi connectivity index (χ0v) is 23.8. The van der Waals surface area contributed by atoms with Crippen LogP contribution in [0.5, 0.6) is 0 Å². The van der Waals surface area contributed by atoms with Gasteiger partial charge in [0.25, 0.3) is 0 Å². The number of rotatable bonds is 11. The van der Waals surface area contributed by atoms with Crippen LogP contribution in [0.3, 0.4) is 0 Å². The number of anilines is 1. The molecular weight excluding hydrogens is 608 g/mol. The fourth-order valence-electron chi connectivity index (χ4n) is 5.09. The number of hydrogen-bond donors (Lipinski definition) is 0. The molecule has 0 radical (unpaired) electrons. The van der Waals surface area contributed by atoms with Gasteiger partial charge >= 0.3 is 210 Å². The van der Waals surface area contributed by atoms with Gasteiger partial charge in [0.05, 0.1) is 0 Å². The molecule has 0 N–H and O–H groups in total. The summed E-state index contributed by atoms with van der Waals surface area (Å²) in [4.78, 5) is 11.4. The van der Waals surface area contributed by atoms with Gasteiger partial charge in [-0.1, -0.05) is 0 Å². The first-order chi connectivity index (χ1) is 17.1. The molecule has 0 amide bonds. The molecule has 2 atom stereocenters. The van der Waals surface area contributed by atoms with Crippen LogP contribution in [0.25, 0.3) is 0 Å². The van der Waals surface area contributed by atoms with Crippen molar-refractivity contribution in [2.24, 2.45) is 11.8 Å². The third-order valence-corrected chi connectivity index (χ3v) is 13.1. The van der Waals surface area contributed by atoms with Gasteiger partial charge in [-0.05, 0) is 0 Å². The Hall–Kier alpha value is -0.730. The summed E-state index contributed by atoms with van der Waals surface area (Å²) in [6.07, 6.45) is 3.94. The van der Waals surface area contributed by atoms with Gasteiger partial charge in [-0.3, -0.25) is 0 Å². The molecule has 206 valence electrons. The van der Waals surface area contributed by atoms with E-state index in [0.717, 1.165) is 48.3 Å². The van der Waals surface area contributed by atoms with Crippen molar-refractivity contribution in [3.63, 3.8) is 0 Å². The minimum atomic E-state index is -4.45. The third-order valence-electron chi connectivity index (χ3n) is 7.33. The second-order valence-electron chi connectivity index (χ2n) is 10.1. The Labute approximate surface area is 222 Å². The monoisotopic (exact) mass is 645 g/mol. The SMILES string of the molecule is CCCc1cnc(N2CCC([C@H]3[I-][C@H]3COCC3CCN(S(=O)(=O)CCC(F)(F)F)CC3)CC2)nc1. The first kappa shape index (κ1) is 28.3. The van der Waals surface area contributed by atoms with Crippen LogP contribution in [0.1, 0.15) is 51.0 Å². The topological polar surface area (TPSA) is 75.6 Å². The summed E-state index contributed by atoms with van der Waals surface area (Å²) in [5, 5.41) is 0. The summed E-state index contributed by atoms with van der Waals surface area (Å²) in [7, 11) is -3.84. The molecule has 4 heterocycles. The summed E-state index contributed by atoms with van der Waals surface area (Å²) >= 11 is 0.181. The van der Waals surface area contributed by atoms with Gasteiger partial charge in [0, 0.05) is 0 Å². The van der Waals surface area contributed by atoms with Crippen molar-refractivity contribution in [1.82, 2.24) is 14.3 Å². The molecule has 7 nitrogen and oxygen atoms in total. The maximum absolute atomic E-state index is 12.4. The Kier molecular flexibility index (Phi) is 9.76. The van der Waals surface area contributed by atoms with Gasteiger partial charge < -0.3 is 0 Å². The molecule has 0 spiro atoms. The standard InChI is InChI=1S/C24H37F3IN4O3S/c1-2-3-19-14-29-23(30-15-19)31-9-6-20(7-10-31)22-21(28-22)17-35-16-18-4-11-32(12-5-18)36(33,34)13-8-24(25,26)27/h14-15,18,20-22H,2-13,16-17H2,1H3/q-1/t21-,22+/m0/s1. The number of halogens is 4. The normalized spacial score (nSPS) is 25.1. The van der Waals surface area contributed by atoms with Crippen molar-refractivity contribution < 1.29 is 47.5 Å². The van der Waals surface area contributed by atoms with Gasteiger partial charge in [0.15, 0.2) is 0 Å². The fourth-order valence-corrected chi connectivity index (χ4v) is 10.00. The quantitative estimate of drug-likeness (QED) is 0.258. The first-order valence-corrected chi connectivity index (χ1v) is 17.0. The Morgan fingerprint density at radius 2 is 1.72 bits per heavy atom. The number of alkyl halides is 5. The van der Waals surface area contributed by atoms with Crippen LogP contribution in [0.4, 0.5) is 19.1 Å². The van der Waals surface area contributed by atoms with Crippen LogP contribution in [-0.4, -0.2) is 81.9 Å². The number of nitrogens with zero attached hydrogens (tertiary/aromatic N) is 4. The van der Waals surface area contributed by atoms with Gasteiger partial charge in [-0.2, -0.15) is 13.2 Å². The molecule has 1 aromatic heterocycles. The summed E-state index contributed by atoms with van der Waals surface area (Å²) < 4.78 is 70.3. The van der Waals surface area contributed by atoms with Crippen LogP contribution in [0.15, 0.2) is 12.4 Å². The van der Waals surface area contributed by atoms with Crippen LogP contribution in [0, 0.1) is 11.8 Å². The molecule has 12 heteroatoms. The van der Waals surface area contributed by atoms with Gasteiger partial charge in [-0.25, -0.2) is 0 Å². The predicted molar refractivity (Wildman–Crippen MR) is 128 cm³/mol. The maximum atomic E-state index is 12.4. The Balaban J connectivity index is 1.09. The molecule has 4 rings (SSSR count). The third kappa shape index (κ3) is 8.13. The van der Waals surface area contributed by atoms with Crippen LogP contribution in [0.2, 0.25) is 0 Å². The van der Waals surface area contributed by atoms with Gasteiger partial charge in [0.2, 0.25) is 0 Å². The Morgan fingerprint density at radius 3 is 2.33 bits per heavy atom. The van der Waals surface area contributed by atoms with Crippen LogP contribution < -0.4 is 26.1 Å². The van der Waals surface area contributed by atoms with Crippen molar-refractivity contribution >= 4 is 16.0 Å². The van der Waals surface area contributed by atoms with E-state index >= 15 is 0 Å². The van der Waals surface area contributed by atoms with E-state index in [1.165, 1.54) is 22.7 Å². The average Bonchev–Trinajstić information content (AvgIpc) is 3.63. The second-order valence-corrected chi connectivity index (χ2v) is 16.0. The molecular formula is C24H37F3IN4O3S-. The van der Waals surface area contributed by atoms with Crippen molar-refractivity contribution in [2.45, 2.75) is 65.9 Å². The molecule has 1 aromatic rings. The molecule has 3 aliphatic heterocycles. The number of ether oxygens (including phenoxy) is 1. The molecule has 36 heavy (non-hydrogen) atoms. The van der Waals surface area contributed by atoms with Crippen LogP contribution in [-0.2, 0) is 21.2 Å². The fraction of sp³-hybridized carbons (Fsp3) is 0.833.